The Morgan fingerprint density at radius 2 is 1.83 bits per heavy atom. The Hall–Kier alpha value is -1.06. The summed E-state index contributed by atoms with van der Waals surface area (Å²) >= 11 is 0. The van der Waals surface area contributed by atoms with Crippen molar-refractivity contribution in [2.75, 3.05) is 0 Å². The zero-order valence-corrected chi connectivity index (χ0v) is 6.94. The summed E-state index contributed by atoms with van der Waals surface area (Å²) in [5.41, 5.74) is 1.38. The van der Waals surface area contributed by atoms with Gasteiger partial charge in [0.1, 0.15) is 0 Å². The molecule has 0 atom stereocenters. The predicted molar refractivity (Wildman–Crippen MR) is 50.3 cm³/mol. The average Bonchev–Trinajstić information content (AvgIpc) is 2.07. The minimum atomic E-state index is -1.39. The summed E-state index contributed by atoms with van der Waals surface area (Å²) in [6.07, 6.45) is 1.69. The first-order valence-electron chi connectivity index (χ1n) is 3.83. The van der Waals surface area contributed by atoms with E-state index >= 15 is 0 Å². The number of hydrogen-bond acceptors (Lipinski definition) is 2. The molecule has 62 valence electrons. The van der Waals surface area contributed by atoms with Gasteiger partial charge in [0.05, 0.1) is 0 Å². The van der Waals surface area contributed by atoms with Crippen LogP contribution >= 0.6 is 0 Å². The van der Waals surface area contributed by atoms with Crippen molar-refractivity contribution in [3.63, 3.8) is 0 Å². The summed E-state index contributed by atoms with van der Waals surface area (Å²) in [5, 5.41) is 17.9. The minimum Gasteiger partial charge on any atom is -0.423 e. The lowest BCUT2D eigenvalue weighted by molar-refractivity contribution is 0.427. The summed E-state index contributed by atoms with van der Waals surface area (Å²) < 4.78 is 0. The fraction of sp³-hybridized carbons (Fsp3) is 0.111. The van der Waals surface area contributed by atoms with Gasteiger partial charge in [0.2, 0.25) is 0 Å². The van der Waals surface area contributed by atoms with Crippen LogP contribution < -0.4 is 0 Å². The van der Waals surface area contributed by atoms with Gasteiger partial charge in [-0.25, -0.2) is 0 Å². The molecule has 12 heavy (non-hydrogen) atoms. The first-order chi connectivity index (χ1) is 5.75. The molecule has 0 radical (unpaired) electrons. The zero-order chi connectivity index (χ0) is 8.97. The SMILES string of the molecule is C/C=C(/B(O)O)c1ccccc1. The van der Waals surface area contributed by atoms with E-state index in [9.17, 15) is 0 Å². The van der Waals surface area contributed by atoms with Crippen LogP contribution in [0.4, 0.5) is 0 Å². The van der Waals surface area contributed by atoms with E-state index in [4.69, 9.17) is 10.0 Å². The number of rotatable bonds is 2. The highest BCUT2D eigenvalue weighted by Gasteiger charge is 2.14. The molecule has 0 spiro atoms. The average molecular weight is 162 g/mol. The zero-order valence-electron chi connectivity index (χ0n) is 6.94. The van der Waals surface area contributed by atoms with Crippen molar-refractivity contribution in [2.24, 2.45) is 0 Å². The second-order valence-corrected chi connectivity index (χ2v) is 2.48. The van der Waals surface area contributed by atoms with Gasteiger partial charge in [-0.15, -0.1) is 0 Å². The maximum Gasteiger partial charge on any atom is 0.488 e. The van der Waals surface area contributed by atoms with Crippen LogP contribution in [0.1, 0.15) is 12.5 Å². The molecule has 1 rings (SSSR count). The van der Waals surface area contributed by atoms with E-state index in [1.807, 2.05) is 30.3 Å². The van der Waals surface area contributed by atoms with Gasteiger partial charge in [-0.1, -0.05) is 36.4 Å². The van der Waals surface area contributed by atoms with Crippen LogP contribution in [0.3, 0.4) is 0 Å². The van der Waals surface area contributed by atoms with Gasteiger partial charge >= 0.3 is 7.12 Å². The second kappa shape index (κ2) is 4.09. The Labute approximate surface area is 72.3 Å². The molecule has 0 unspecified atom stereocenters. The summed E-state index contributed by atoms with van der Waals surface area (Å²) in [4.78, 5) is 0. The lowest BCUT2D eigenvalue weighted by Gasteiger charge is -2.04. The van der Waals surface area contributed by atoms with Crippen LogP contribution in [-0.4, -0.2) is 17.2 Å². The van der Waals surface area contributed by atoms with Gasteiger partial charge in [-0.05, 0) is 18.0 Å². The first-order valence-corrected chi connectivity index (χ1v) is 3.83. The van der Waals surface area contributed by atoms with Crippen molar-refractivity contribution in [3.05, 3.63) is 42.0 Å². The van der Waals surface area contributed by atoms with E-state index in [0.29, 0.717) is 5.47 Å². The fourth-order valence-electron chi connectivity index (χ4n) is 1.10. The van der Waals surface area contributed by atoms with Crippen molar-refractivity contribution in [3.8, 4) is 0 Å². The molecule has 2 N–H and O–H groups in total. The molecule has 0 heterocycles. The van der Waals surface area contributed by atoms with Crippen LogP contribution in [0, 0.1) is 0 Å². The van der Waals surface area contributed by atoms with Gasteiger partial charge in [-0.3, -0.25) is 0 Å². The lowest BCUT2D eigenvalue weighted by Crippen LogP contribution is -2.13. The van der Waals surface area contributed by atoms with Gasteiger partial charge in [0, 0.05) is 0 Å². The van der Waals surface area contributed by atoms with Gasteiger partial charge in [0.25, 0.3) is 0 Å². The van der Waals surface area contributed by atoms with E-state index in [1.54, 1.807) is 13.0 Å². The van der Waals surface area contributed by atoms with Crippen molar-refractivity contribution in [2.45, 2.75) is 6.92 Å². The van der Waals surface area contributed by atoms with Gasteiger partial charge in [-0.2, -0.15) is 0 Å². The van der Waals surface area contributed by atoms with Crippen molar-refractivity contribution in [1.82, 2.24) is 0 Å². The summed E-state index contributed by atoms with van der Waals surface area (Å²) in [7, 11) is -1.39. The smallest absolute Gasteiger partial charge is 0.423 e. The molecule has 1 aromatic rings. The third-order valence-corrected chi connectivity index (χ3v) is 1.70. The predicted octanol–water partition coefficient (Wildman–Crippen LogP) is 1.10. The summed E-state index contributed by atoms with van der Waals surface area (Å²) in [5.74, 6) is 0. The van der Waals surface area contributed by atoms with E-state index < -0.39 is 7.12 Å². The molecule has 0 aliphatic heterocycles. The van der Waals surface area contributed by atoms with E-state index in [0.717, 1.165) is 5.56 Å². The van der Waals surface area contributed by atoms with E-state index in [2.05, 4.69) is 0 Å². The third kappa shape index (κ3) is 1.97. The monoisotopic (exact) mass is 162 g/mol. The maximum absolute atomic E-state index is 8.95. The highest BCUT2D eigenvalue weighted by atomic mass is 16.4. The number of hydrogen-bond donors (Lipinski definition) is 2. The van der Waals surface area contributed by atoms with Crippen LogP contribution in [0.5, 0.6) is 0 Å². The Kier molecular flexibility index (Phi) is 3.08. The molecule has 2 nitrogen and oxygen atoms in total. The topological polar surface area (TPSA) is 40.5 Å². The Morgan fingerprint density at radius 1 is 1.25 bits per heavy atom. The molecule has 0 aromatic heterocycles. The highest BCUT2D eigenvalue weighted by Crippen LogP contribution is 2.13. The molecule has 0 saturated carbocycles. The Balaban J connectivity index is 2.97. The fourth-order valence-corrected chi connectivity index (χ4v) is 1.10. The Morgan fingerprint density at radius 3 is 2.25 bits per heavy atom. The van der Waals surface area contributed by atoms with Crippen LogP contribution in [0.2, 0.25) is 0 Å². The van der Waals surface area contributed by atoms with Crippen LogP contribution in [0.15, 0.2) is 36.4 Å². The molecule has 3 heteroatoms. The molecule has 0 bridgehead atoms. The first kappa shape index (κ1) is 9.04. The van der Waals surface area contributed by atoms with E-state index in [-0.39, 0.29) is 0 Å². The van der Waals surface area contributed by atoms with Crippen molar-refractivity contribution >= 4 is 12.6 Å². The van der Waals surface area contributed by atoms with Crippen LogP contribution in [-0.2, 0) is 0 Å². The minimum absolute atomic E-state index is 0.538. The van der Waals surface area contributed by atoms with Crippen molar-refractivity contribution < 1.29 is 10.0 Å². The second-order valence-electron chi connectivity index (χ2n) is 2.48. The third-order valence-electron chi connectivity index (χ3n) is 1.70. The quantitative estimate of drug-likeness (QED) is 0.639. The Bertz CT molecular complexity index is 267. The molecule has 0 fully saturated rings. The standard InChI is InChI=1S/C9H11BO2/c1-2-9(10(11)12)8-6-4-3-5-7-8/h2-7,11-12H,1H3/b9-2+. The van der Waals surface area contributed by atoms with E-state index in [1.165, 1.54) is 0 Å². The lowest BCUT2D eigenvalue weighted by atomic mass is 9.75. The molecule has 0 saturated heterocycles. The normalized spacial score (nSPS) is 11.4. The summed E-state index contributed by atoms with van der Waals surface area (Å²) in [6.45, 7) is 1.78. The highest BCUT2D eigenvalue weighted by molar-refractivity contribution is 6.65. The molecular formula is C9H11BO2. The molecule has 0 aliphatic rings. The van der Waals surface area contributed by atoms with Crippen molar-refractivity contribution in [1.29, 1.82) is 0 Å². The largest absolute Gasteiger partial charge is 0.488 e. The summed E-state index contributed by atoms with van der Waals surface area (Å²) in [6, 6.07) is 9.30. The molecular weight excluding hydrogens is 151 g/mol. The molecule has 0 amide bonds. The van der Waals surface area contributed by atoms with Gasteiger partial charge < -0.3 is 10.0 Å². The molecule has 1 aromatic carbocycles. The molecule has 0 aliphatic carbocycles. The van der Waals surface area contributed by atoms with Crippen LogP contribution in [0.25, 0.3) is 5.47 Å². The number of allylic oxidation sites excluding steroid dienone is 1. The maximum atomic E-state index is 8.95. The number of benzene rings is 1. The van der Waals surface area contributed by atoms with Gasteiger partial charge in [0.15, 0.2) is 0 Å².